The number of rotatable bonds is 7. The van der Waals surface area contributed by atoms with E-state index in [1.54, 1.807) is 7.11 Å². The molecule has 0 bridgehead atoms. The summed E-state index contributed by atoms with van der Waals surface area (Å²) < 4.78 is 10.2. The van der Waals surface area contributed by atoms with Gasteiger partial charge in [-0.15, -0.1) is 24.0 Å². The summed E-state index contributed by atoms with van der Waals surface area (Å²) in [7, 11) is 1.66. The van der Waals surface area contributed by atoms with E-state index in [1.165, 1.54) is 0 Å². The van der Waals surface area contributed by atoms with Crippen LogP contribution in [0.3, 0.4) is 0 Å². The van der Waals surface area contributed by atoms with Gasteiger partial charge >= 0.3 is 0 Å². The van der Waals surface area contributed by atoms with Crippen molar-refractivity contribution in [2.45, 2.75) is 32.7 Å². The first kappa shape index (κ1) is 19.3. The number of hydrogen-bond acceptors (Lipinski definition) is 3. The SMILES string of the molecule is COCCOCCCN=C(N)NC(C)(C)C.I. The van der Waals surface area contributed by atoms with Crippen molar-refractivity contribution in [1.29, 1.82) is 0 Å². The summed E-state index contributed by atoms with van der Waals surface area (Å²) in [4.78, 5) is 4.20. The first-order valence-electron chi connectivity index (χ1n) is 5.60. The Bertz CT molecular complexity index is 205. The van der Waals surface area contributed by atoms with Crippen LogP contribution in [0.15, 0.2) is 4.99 Å². The van der Waals surface area contributed by atoms with Crippen LogP contribution in [-0.2, 0) is 9.47 Å². The maximum absolute atomic E-state index is 5.70. The topological polar surface area (TPSA) is 68.9 Å². The summed E-state index contributed by atoms with van der Waals surface area (Å²) in [6, 6.07) is 0. The summed E-state index contributed by atoms with van der Waals surface area (Å²) in [5.74, 6) is 0.490. The third-order valence-electron chi connectivity index (χ3n) is 1.66. The molecule has 3 N–H and O–H groups in total. The van der Waals surface area contributed by atoms with Crippen LogP contribution in [-0.4, -0.2) is 45.0 Å². The van der Waals surface area contributed by atoms with Gasteiger partial charge in [0.05, 0.1) is 13.2 Å². The van der Waals surface area contributed by atoms with Crippen molar-refractivity contribution in [2.24, 2.45) is 10.7 Å². The number of methoxy groups -OCH3 is 1. The van der Waals surface area contributed by atoms with Crippen LogP contribution in [0, 0.1) is 0 Å². The Morgan fingerprint density at radius 3 is 2.41 bits per heavy atom. The molecule has 0 aromatic carbocycles. The lowest BCUT2D eigenvalue weighted by atomic mass is 10.1. The number of guanidine groups is 1. The van der Waals surface area contributed by atoms with Gasteiger partial charge in [-0.3, -0.25) is 4.99 Å². The van der Waals surface area contributed by atoms with Crippen molar-refractivity contribution in [3.63, 3.8) is 0 Å². The molecule has 0 fully saturated rings. The van der Waals surface area contributed by atoms with E-state index in [-0.39, 0.29) is 29.5 Å². The Kier molecular flexibility index (Phi) is 12.5. The Morgan fingerprint density at radius 2 is 1.88 bits per heavy atom. The third kappa shape index (κ3) is 15.9. The molecule has 0 spiro atoms. The average molecular weight is 359 g/mol. The van der Waals surface area contributed by atoms with Gasteiger partial charge < -0.3 is 20.5 Å². The Morgan fingerprint density at radius 1 is 1.24 bits per heavy atom. The number of nitrogens with two attached hydrogens (primary N) is 1. The van der Waals surface area contributed by atoms with Crippen molar-refractivity contribution in [3.05, 3.63) is 0 Å². The molecule has 6 heteroatoms. The highest BCUT2D eigenvalue weighted by Gasteiger charge is 2.09. The van der Waals surface area contributed by atoms with Gasteiger partial charge in [0.1, 0.15) is 0 Å². The van der Waals surface area contributed by atoms with Gasteiger partial charge in [-0.25, -0.2) is 0 Å². The number of ether oxygens (including phenoxy) is 2. The fraction of sp³-hybridized carbons (Fsp3) is 0.909. The van der Waals surface area contributed by atoms with Crippen LogP contribution in [0.25, 0.3) is 0 Å². The van der Waals surface area contributed by atoms with E-state index < -0.39 is 0 Å². The number of hydrogen-bond donors (Lipinski definition) is 2. The van der Waals surface area contributed by atoms with E-state index in [2.05, 4.69) is 10.3 Å². The predicted octanol–water partition coefficient (Wildman–Crippen LogP) is 1.36. The van der Waals surface area contributed by atoms with Crippen LogP contribution >= 0.6 is 24.0 Å². The molecule has 0 atom stereocenters. The quantitative estimate of drug-likeness (QED) is 0.312. The second kappa shape index (κ2) is 11.0. The molecule has 17 heavy (non-hydrogen) atoms. The van der Waals surface area contributed by atoms with Gasteiger partial charge in [0.2, 0.25) is 0 Å². The molecule has 0 aliphatic rings. The zero-order chi connectivity index (χ0) is 12.4. The number of nitrogens with zero attached hydrogens (tertiary/aromatic N) is 1. The van der Waals surface area contributed by atoms with Gasteiger partial charge in [-0.1, -0.05) is 0 Å². The average Bonchev–Trinajstić information content (AvgIpc) is 2.13. The van der Waals surface area contributed by atoms with Crippen molar-refractivity contribution >= 4 is 29.9 Å². The van der Waals surface area contributed by atoms with Gasteiger partial charge in [-0.05, 0) is 27.2 Å². The normalized spacial score (nSPS) is 12.1. The Labute approximate surface area is 122 Å². The van der Waals surface area contributed by atoms with Crippen molar-refractivity contribution in [1.82, 2.24) is 5.32 Å². The van der Waals surface area contributed by atoms with Crippen LogP contribution in [0.4, 0.5) is 0 Å². The summed E-state index contributed by atoms with van der Waals surface area (Å²) in [5.41, 5.74) is 5.66. The molecule has 0 saturated heterocycles. The van der Waals surface area contributed by atoms with E-state index >= 15 is 0 Å². The Balaban J connectivity index is 0. The molecule has 0 amide bonds. The molecule has 0 heterocycles. The zero-order valence-electron chi connectivity index (χ0n) is 11.3. The minimum atomic E-state index is -0.0391. The molecule has 0 aromatic heterocycles. The lowest BCUT2D eigenvalue weighted by Crippen LogP contribution is -2.45. The smallest absolute Gasteiger partial charge is 0.188 e. The molecule has 0 aliphatic heterocycles. The molecule has 0 aliphatic carbocycles. The molecule has 104 valence electrons. The van der Waals surface area contributed by atoms with Gasteiger partial charge in [0.25, 0.3) is 0 Å². The zero-order valence-corrected chi connectivity index (χ0v) is 13.6. The third-order valence-corrected chi connectivity index (χ3v) is 1.66. The number of nitrogens with one attached hydrogen (secondary N) is 1. The Hall–Kier alpha value is -0.0800. The molecule has 0 aromatic rings. The number of halogens is 1. The van der Waals surface area contributed by atoms with Crippen LogP contribution in [0.2, 0.25) is 0 Å². The predicted molar refractivity (Wildman–Crippen MR) is 82.1 cm³/mol. The van der Waals surface area contributed by atoms with Gasteiger partial charge in [0.15, 0.2) is 5.96 Å². The second-order valence-corrected chi connectivity index (χ2v) is 4.60. The second-order valence-electron chi connectivity index (χ2n) is 4.60. The maximum atomic E-state index is 5.70. The minimum absolute atomic E-state index is 0. The molecular formula is C11H26IN3O2. The fourth-order valence-corrected chi connectivity index (χ4v) is 1.03. The molecule has 0 unspecified atom stereocenters. The minimum Gasteiger partial charge on any atom is -0.382 e. The largest absolute Gasteiger partial charge is 0.382 e. The van der Waals surface area contributed by atoms with Crippen LogP contribution in [0.5, 0.6) is 0 Å². The van der Waals surface area contributed by atoms with Crippen LogP contribution in [0.1, 0.15) is 27.2 Å². The van der Waals surface area contributed by atoms with E-state index in [0.29, 0.717) is 32.3 Å². The summed E-state index contributed by atoms with van der Waals surface area (Å²) >= 11 is 0. The highest BCUT2D eigenvalue weighted by atomic mass is 127. The standard InChI is InChI=1S/C11H25N3O2.HI/c1-11(2,3)14-10(12)13-6-5-7-16-9-8-15-4;/h5-9H2,1-4H3,(H3,12,13,14);1H. The van der Waals surface area contributed by atoms with E-state index in [1.807, 2.05) is 20.8 Å². The lowest BCUT2D eigenvalue weighted by molar-refractivity contribution is 0.0702. The summed E-state index contributed by atoms with van der Waals surface area (Å²) in [6.07, 6.45) is 0.871. The molecule has 0 rings (SSSR count). The fourth-order valence-electron chi connectivity index (χ4n) is 1.03. The summed E-state index contributed by atoms with van der Waals surface area (Å²) in [6.45, 7) is 8.78. The first-order valence-corrected chi connectivity index (χ1v) is 5.60. The highest BCUT2D eigenvalue weighted by Crippen LogP contribution is 1.97. The van der Waals surface area contributed by atoms with Crippen molar-refractivity contribution in [2.75, 3.05) is 33.5 Å². The highest BCUT2D eigenvalue weighted by molar-refractivity contribution is 14.0. The first-order chi connectivity index (χ1) is 7.45. The molecule has 5 nitrogen and oxygen atoms in total. The van der Waals surface area contributed by atoms with Crippen molar-refractivity contribution in [3.8, 4) is 0 Å². The number of aliphatic imine (C=N–C) groups is 1. The molecule has 0 radical (unpaired) electrons. The monoisotopic (exact) mass is 359 g/mol. The molecule has 0 saturated carbocycles. The van der Waals surface area contributed by atoms with Gasteiger partial charge in [-0.2, -0.15) is 0 Å². The van der Waals surface area contributed by atoms with E-state index in [4.69, 9.17) is 15.2 Å². The lowest BCUT2D eigenvalue weighted by Gasteiger charge is -2.20. The van der Waals surface area contributed by atoms with E-state index in [0.717, 1.165) is 6.42 Å². The molecular weight excluding hydrogens is 333 g/mol. The van der Waals surface area contributed by atoms with Crippen molar-refractivity contribution < 1.29 is 9.47 Å². The summed E-state index contributed by atoms with van der Waals surface area (Å²) in [5, 5.41) is 3.10. The van der Waals surface area contributed by atoms with E-state index in [9.17, 15) is 0 Å². The van der Waals surface area contributed by atoms with Gasteiger partial charge in [0, 0.05) is 25.8 Å². The maximum Gasteiger partial charge on any atom is 0.188 e. The van der Waals surface area contributed by atoms with Crippen LogP contribution < -0.4 is 11.1 Å².